The number of hydrogen-bond donors (Lipinski definition) is 0. The van der Waals surface area contributed by atoms with Crippen molar-refractivity contribution in [3.8, 4) is 0 Å². The van der Waals surface area contributed by atoms with E-state index in [1.165, 1.54) is 0 Å². The van der Waals surface area contributed by atoms with Crippen LogP contribution in [-0.2, 0) is 9.53 Å². The summed E-state index contributed by atoms with van der Waals surface area (Å²) in [6.45, 7) is 3.79. The Balaban J connectivity index is 2.42. The van der Waals surface area contributed by atoms with Crippen LogP contribution in [0.2, 0.25) is 0 Å². The number of pyridine rings is 1. The molecule has 0 saturated carbocycles. The Hall–Kier alpha value is -2.23. The number of hydrogen-bond acceptors (Lipinski definition) is 4. The molecule has 1 heterocycles. The SMILES string of the molecule is CCOC(=O)C(CC)C(=O)c1nccc2ccccc12. The van der Waals surface area contributed by atoms with Gasteiger partial charge in [-0.05, 0) is 24.8 Å². The average Bonchev–Trinajstić information content (AvgIpc) is 2.47. The molecule has 4 heteroatoms. The lowest BCUT2D eigenvalue weighted by atomic mass is 9.95. The van der Waals surface area contributed by atoms with E-state index in [2.05, 4.69) is 4.98 Å². The van der Waals surface area contributed by atoms with Crippen molar-refractivity contribution >= 4 is 22.5 Å². The van der Waals surface area contributed by atoms with Gasteiger partial charge in [-0.3, -0.25) is 14.6 Å². The monoisotopic (exact) mass is 271 g/mol. The molecular formula is C16H17NO3. The number of esters is 1. The zero-order valence-electron chi connectivity index (χ0n) is 11.6. The maximum atomic E-state index is 12.5. The van der Waals surface area contributed by atoms with E-state index in [-0.39, 0.29) is 12.4 Å². The van der Waals surface area contributed by atoms with E-state index in [1.54, 1.807) is 20.0 Å². The highest BCUT2D eigenvalue weighted by Crippen LogP contribution is 2.21. The molecule has 0 amide bonds. The molecule has 2 aromatic rings. The molecule has 1 unspecified atom stereocenters. The molecule has 1 aromatic heterocycles. The minimum absolute atomic E-state index is 0.269. The molecule has 20 heavy (non-hydrogen) atoms. The van der Waals surface area contributed by atoms with Crippen LogP contribution in [0.3, 0.4) is 0 Å². The highest BCUT2D eigenvalue weighted by atomic mass is 16.5. The summed E-state index contributed by atoms with van der Waals surface area (Å²) < 4.78 is 4.96. The van der Waals surface area contributed by atoms with Gasteiger partial charge in [0.15, 0.2) is 5.78 Å². The largest absolute Gasteiger partial charge is 0.465 e. The van der Waals surface area contributed by atoms with Crippen molar-refractivity contribution in [3.05, 3.63) is 42.2 Å². The minimum Gasteiger partial charge on any atom is -0.465 e. The van der Waals surface area contributed by atoms with E-state index < -0.39 is 11.9 Å². The normalized spacial score (nSPS) is 12.1. The maximum absolute atomic E-state index is 12.5. The summed E-state index contributed by atoms with van der Waals surface area (Å²) in [5.74, 6) is -1.54. The standard InChI is InChI=1S/C16H17NO3/c1-3-12(16(19)20-4-2)15(18)14-13-8-6-5-7-11(13)9-10-17-14/h5-10,12H,3-4H2,1-2H3. The Morgan fingerprint density at radius 1 is 1.20 bits per heavy atom. The van der Waals surface area contributed by atoms with Gasteiger partial charge in [-0.2, -0.15) is 0 Å². The van der Waals surface area contributed by atoms with Crippen molar-refractivity contribution in [2.75, 3.05) is 6.61 Å². The summed E-state index contributed by atoms with van der Waals surface area (Å²) in [7, 11) is 0. The van der Waals surface area contributed by atoms with Crippen LogP contribution in [0.5, 0.6) is 0 Å². The number of carbonyl (C=O) groups is 2. The topological polar surface area (TPSA) is 56.3 Å². The number of nitrogens with zero attached hydrogens (tertiary/aromatic N) is 1. The number of ketones is 1. The van der Waals surface area contributed by atoms with Crippen LogP contribution in [0.4, 0.5) is 0 Å². The fourth-order valence-electron chi connectivity index (χ4n) is 2.18. The van der Waals surface area contributed by atoms with E-state index in [4.69, 9.17) is 4.74 Å². The van der Waals surface area contributed by atoms with Crippen LogP contribution in [0, 0.1) is 5.92 Å². The molecule has 0 aliphatic rings. The van der Waals surface area contributed by atoms with Gasteiger partial charge >= 0.3 is 5.97 Å². The third-order valence-electron chi connectivity index (χ3n) is 3.20. The van der Waals surface area contributed by atoms with Crippen molar-refractivity contribution in [2.45, 2.75) is 20.3 Å². The minimum atomic E-state index is -0.784. The molecule has 0 spiro atoms. The lowest BCUT2D eigenvalue weighted by Gasteiger charge is -2.13. The summed E-state index contributed by atoms with van der Waals surface area (Å²) in [6.07, 6.45) is 2.00. The quantitative estimate of drug-likeness (QED) is 0.476. The molecule has 0 radical (unpaired) electrons. The van der Waals surface area contributed by atoms with Crippen LogP contribution in [-0.4, -0.2) is 23.3 Å². The molecule has 0 saturated heterocycles. The van der Waals surface area contributed by atoms with Crippen molar-refractivity contribution in [2.24, 2.45) is 5.92 Å². The van der Waals surface area contributed by atoms with Gasteiger partial charge in [-0.1, -0.05) is 31.2 Å². The molecule has 1 aromatic carbocycles. The number of rotatable bonds is 5. The number of carbonyl (C=O) groups excluding carboxylic acids is 2. The molecule has 0 N–H and O–H groups in total. The molecule has 104 valence electrons. The number of benzene rings is 1. The molecule has 0 bridgehead atoms. The van der Waals surface area contributed by atoms with E-state index >= 15 is 0 Å². The highest BCUT2D eigenvalue weighted by Gasteiger charge is 2.29. The van der Waals surface area contributed by atoms with Crippen molar-refractivity contribution < 1.29 is 14.3 Å². The molecule has 0 aliphatic carbocycles. The lowest BCUT2D eigenvalue weighted by Crippen LogP contribution is -2.26. The van der Waals surface area contributed by atoms with Gasteiger partial charge < -0.3 is 4.74 Å². The summed E-state index contributed by atoms with van der Waals surface area (Å²) in [5, 5.41) is 1.70. The molecule has 2 rings (SSSR count). The fraction of sp³-hybridized carbons (Fsp3) is 0.312. The molecular weight excluding hydrogens is 254 g/mol. The first kappa shape index (κ1) is 14.2. The van der Waals surface area contributed by atoms with Crippen molar-refractivity contribution in [3.63, 3.8) is 0 Å². The Kier molecular flexibility index (Phi) is 4.45. The number of Topliss-reactive ketones (excluding diaryl/α,β-unsaturated/α-hetero) is 1. The summed E-state index contributed by atoms with van der Waals surface area (Å²) in [4.78, 5) is 28.6. The third-order valence-corrected chi connectivity index (χ3v) is 3.20. The first-order valence-corrected chi connectivity index (χ1v) is 6.73. The Morgan fingerprint density at radius 3 is 2.65 bits per heavy atom. The van der Waals surface area contributed by atoms with Gasteiger partial charge in [0.1, 0.15) is 11.6 Å². The lowest BCUT2D eigenvalue weighted by molar-refractivity contribution is -0.146. The highest BCUT2D eigenvalue weighted by molar-refractivity contribution is 6.13. The molecule has 4 nitrogen and oxygen atoms in total. The second-order valence-corrected chi connectivity index (χ2v) is 4.46. The van der Waals surface area contributed by atoms with E-state index in [0.29, 0.717) is 12.1 Å². The number of aromatic nitrogens is 1. The van der Waals surface area contributed by atoms with E-state index in [1.807, 2.05) is 30.3 Å². The van der Waals surface area contributed by atoms with Gasteiger partial charge in [-0.15, -0.1) is 0 Å². The van der Waals surface area contributed by atoms with Gasteiger partial charge in [0.25, 0.3) is 0 Å². The third kappa shape index (κ3) is 2.69. The first-order chi connectivity index (χ1) is 9.69. The molecule has 0 fully saturated rings. The van der Waals surface area contributed by atoms with E-state index in [9.17, 15) is 9.59 Å². The van der Waals surface area contributed by atoms with Crippen LogP contribution in [0.15, 0.2) is 36.5 Å². The smallest absolute Gasteiger partial charge is 0.316 e. The Morgan fingerprint density at radius 2 is 1.95 bits per heavy atom. The second-order valence-electron chi connectivity index (χ2n) is 4.46. The predicted octanol–water partition coefficient (Wildman–Crippen LogP) is 3.01. The predicted molar refractivity (Wildman–Crippen MR) is 76.5 cm³/mol. The molecule has 0 aliphatic heterocycles. The fourth-order valence-corrected chi connectivity index (χ4v) is 2.18. The second kappa shape index (κ2) is 6.28. The Labute approximate surface area is 117 Å². The zero-order valence-corrected chi connectivity index (χ0v) is 11.6. The maximum Gasteiger partial charge on any atom is 0.316 e. The average molecular weight is 271 g/mol. The van der Waals surface area contributed by atoms with Gasteiger partial charge in [0.2, 0.25) is 0 Å². The van der Waals surface area contributed by atoms with Crippen molar-refractivity contribution in [1.29, 1.82) is 0 Å². The number of ether oxygens (including phenoxy) is 1. The van der Waals surface area contributed by atoms with E-state index in [0.717, 1.165) is 10.8 Å². The van der Waals surface area contributed by atoms with Crippen LogP contribution in [0.25, 0.3) is 10.8 Å². The van der Waals surface area contributed by atoms with Crippen LogP contribution < -0.4 is 0 Å². The van der Waals surface area contributed by atoms with Gasteiger partial charge in [-0.25, -0.2) is 0 Å². The summed E-state index contributed by atoms with van der Waals surface area (Å²) in [5.41, 5.74) is 0.336. The molecule has 1 atom stereocenters. The van der Waals surface area contributed by atoms with Crippen molar-refractivity contribution in [1.82, 2.24) is 4.98 Å². The van der Waals surface area contributed by atoms with Gasteiger partial charge in [0.05, 0.1) is 6.61 Å². The number of fused-ring (bicyclic) bond motifs is 1. The first-order valence-electron chi connectivity index (χ1n) is 6.73. The van der Waals surface area contributed by atoms with Crippen LogP contribution in [0.1, 0.15) is 30.8 Å². The Bertz CT molecular complexity index is 631. The summed E-state index contributed by atoms with van der Waals surface area (Å²) >= 11 is 0. The van der Waals surface area contributed by atoms with Crippen LogP contribution >= 0.6 is 0 Å². The summed E-state index contributed by atoms with van der Waals surface area (Å²) in [6, 6.07) is 9.36. The van der Waals surface area contributed by atoms with Gasteiger partial charge in [0, 0.05) is 11.6 Å². The zero-order chi connectivity index (χ0) is 14.5.